The molecule has 0 aliphatic carbocycles. The first-order chi connectivity index (χ1) is 15.1. The molecule has 0 bridgehead atoms. The van der Waals surface area contributed by atoms with Crippen LogP contribution in [0.4, 0.5) is 5.95 Å². The number of ether oxygens (including phenoxy) is 2. The van der Waals surface area contributed by atoms with E-state index in [1.54, 1.807) is 16.4 Å². The minimum Gasteiger partial charge on any atom is -0.489 e. The van der Waals surface area contributed by atoms with Gasteiger partial charge in [-0.2, -0.15) is 4.98 Å². The number of esters is 1. The van der Waals surface area contributed by atoms with Crippen molar-refractivity contribution in [3.05, 3.63) is 77.0 Å². The van der Waals surface area contributed by atoms with E-state index in [0.717, 1.165) is 16.9 Å². The molecule has 0 amide bonds. The molecule has 2 aromatic carbocycles. The van der Waals surface area contributed by atoms with Crippen molar-refractivity contribution in [1.29, 1.82) is 0 Å². The molecule has 2 heterocycles. The highest BCUT2D eigenvalue weighted by atomic mass is 32.2. The van der Waals surface area contributed by atoms with Gasteiger partial charge in [0.2, 0.25) is 11.1 Å². The van der Waals surface area contributed by atoms with Crippen molar-refractivity contribution in [2.45, 2.75) is 31.7 Å². The Morgan fingerprint density at radius 3 is 2.65 bits per heavy atom. The molecule has 1 atom stereocenters. The van der Waals surface area contributed by atoms with E-state index in [2.05, 4.69) is 15.4 Å². The summed E-state index contributed by atoms with van der Waals surface area (Å²) >= 11 is 1.55. The lowest BCUT2D eigenvalue weighted by molar-refractivity contribution is -0.136. The van der Waals surface area contributed by atoms with Gasteiger partial charge in [0.05, 0.1) is 12.7 Å². The molecule has 1 N–H and O–H groups in total. The summed E-state index contributed by atoms with van der Waals surface area (Å²) in [5, 5.41) is 8.51. The Hall–Kier alpha value is -3.26. The highest BCUT2D eigenvalue weighted by Crippen LogP contribution is 2.40. The Bertz CT molecular complexity index is 1110. The molecular formula is C23H24N4O3S. The highest BCUT2D eigenvalue weighted by Gasteiger charge is 2.36. The fraction of sp³-hybridized carbons (Fsp3) is 0.261. The van der Waals surface area contributed by atoms with Gasteiger partial charge in [-0.3, -0.25) is 0 Å². The predicted molar refractivity (Wildman–Crippen MR) is 120 cm³/mol. The molecule has 1 aliphatic rings. The van der Waals surface area contributed by atoms with Crippen molar-refractivity contribution in [2.75, 3.05) is 18.2 Å². The third-order valence-electron chi connectivity index (χ3n) is 4.96. The van der Waals surface area contributed by atoms with Gasteiger partial charge in [0.15, 0.2) is 0 Å². The van der Waals surface area contributed by atoms with Gasteiger partial charge in [-0.1, -0.05) is 67.2 Å². The van der Waals surface area contributed by atoms with E-state index < -0.39 is 12.0 Å². The number of nitrogens with zero attached hydrogens (tertiary/aromatic N) is 3. The van der Waals surface area contributed by atoms with Crippen LogP contribution in [0.5, 0.6) is 5.75 Å². The molecule has 1 aliphatic heterocycles. The summed E-state index contributed by atoms with van der Waals surface area (Å²) in [6.07, 6.45) is 0. The fourth-order valence-corrected chi connectivity index (χ4v) is 4.11. The van der Waals surface area contributed by atoms with E-state index in [9.17, 15) is 4.79 Å². The third-order valence-corrected chi connectivity index (χ3v) is 5.68. The van der Waals surface area contributed by atoms with Crippen LogP contribution in [0.25, 0.3) is 0 Å². The predicted octanol–water partition coefficient (Wildman–Crippen LogP) is 4.43. The second-order valence-electron chi connectivity index (χ2n) is 6.97. The van der Waals surface area contributed by atoms with E-state index in [-0.39, 0.29) is 0 Å². The minimum atomic E-state index is -0.519. The molecule has 0 radical (unpaired) electrons. The highest BCUT2D eigenvalue weighted by molar-refractivity contribution is 7.99. The maximum absolute atomic E-state index is 12.8. The first kappa shape index (κ1) is 21.0. The van der Waals surface area contributed by atoms with Crippen molar-refractivity contribution >= 4 is 23.7 Å². The van der Waals surface area contributed by atoms with Gasteiger partial charge in [-0.25, -0.2) is 9.48 Å². The Labute approximate surface area is 185 Å². The first-order valence-corrected chi connectivity index (χ1v) is 11.0. The van der Waals surface area contributed by atoms with Gasteiger partial charge in [-0.15, -0.1) is 5.10 Å². The van der Waals surface area contributed by atoms with Crippen molar-refractivity contribution in [1.82, 2.24) is 14.8 Å². The zero-order chi connectivity index (χ0) is 21.8. The molecule has 0 fully saturated rings. The van der Waals surface area contributed by atoms with Crippen molar-refractivity contribution in [3.8, 4) is 5.75 Å². The van der Waals surface area contributed by atoms with Gasteiger partial charge >= 0.3 is 5.97 Å². The van der Waals surface area contributed by atoms with Crippen molar-refractivity contribution in [3.63, 3.8) is 0 Å². The summed E-state index contributed by atoms with van der Waals surface area (Å²) in [6, 6.07) is 17.1. The van der Waals surface area contributed by atoms with Crippen LogP contribution >= 0.6 is 11.8 Å². The number of nitrogens with one attached hydrogen (secondary N) is 1. The van der Waals surface area contributed by atoms with Crippen LogP contribution in [0, 0.1) is 0 Å². The molecule has 4 rings (SSSR count). The smallest absolute Gasteiger partial charge is 0.338 e. The lowest BCUT2D eigenvalue weighted by Crippen LogP contribution is -2.29. The number of allylic oxidation sites excluding steroid dienone is 1. The van der Waals surface area contributed by atoms with Crippen LogP contribution in [0.3, 0.4) is 0 Å². The number of carbonyl (C=O) groups excluding carboxylic acids is 1. The Kier molecular flexibility index (Phi) is 6.27. The maximum Gasteiger partial charge on any atom is 0.338 e. The summed E-state index contributed by atoms with van der Waals surface area (Å²) in [5.74, 6) is 1.70. The normalized spacial score (nSPS) is 15.3. The van der Waals surface area contributed by atoms with Crippen LogP contribution in [0.15, 0.2) is 71.0 Å². The molecule has 0 saturated carbocycles. The van der Waals surface area contributed by atoms with E-state index in [4.69, 9.17) is 9.47 Å². The molecule has 7 nitrogen and oxygen atoms in total. The number of aromatic nitrogens is 3. The summed E-state index contributed by atoms with van der Waals surface area (Å²) in [5.41, 5.74) is 3.04. The summed E-state index contributed by atoms with van der Waals surface area (Å²) in [4.78, 5) is 17.4. The Morgan fingerprint density at radius 1 is 1.16 bits per heavy atom. The van der Waals surface area contributed by atoms with Crippen LogP contribution < -0.4 is 10.1 Å². The van der Waals surface area contributed by atoms with Crippen molar-refractivity contribution in [2.24, 2.45) is 0 Å². The molecule has 3 aromatic rings. The minimum absolute atomic E-state index is 0.417. The molecule has 1 aromatic heterocycles. The summed E-state index contributed by atoms with van der Waals surface area (Å²) in [7, 11) is 1.38. The molecule has 0 saturated heterocycles. The molecule has 160 valence electrons. The lowest BCUT2D eigenvalue weighted by atomic mass is 9.95. The maximum atomic E-state index is 12.8. The standard InChI is InChI=1S/C23H24N4O3S/c1-4-31-23-25-22-24-15(2)19(21(28)29-3)20(27(22)26-23)17-12-8-9-13-18(17)30-14-16-10-6-5-7-11-16/h5-13,20H,4,14H2,1-3H3,(H,24,25,26). The molecule has 0 spiro atoms. The molecule has 1 unspecified atom stereocenters. The number of thioether (sulfide) groups is 1. The third kappa shape index (κ3) is 4.29. The Balaban J connectivity index is 1.78. The number of hydrogen-bond donors (Lipinski definition) is 1. The first-order valence-electron chi connectivity index (χ1n) is 10.0. The number of para-hydroxylation sites is 1. The number of anilines is 1. The monoisotopic (exact) mass is 436 g/mol. The van der Waals surface area contributed by atoms with E-state index in [0.29, 0.717) is 34.7 Å². The van der Waals surface area contributed by atoms with E-state index in [1.165, 1.54) is 7.11 Å². The quantitative estimate of drug-likeness (QED) is 0.434. The molecule has 31 heavy (non-hydrogen) atoms. The zero-order valence-corrected chi connectivity index (χ0v) is 18.5. The van der Waals surface area contributed by atoms with Crippen LogP contribution in [0.1, 0.15) is 31.0 Å². The average Bonchev–Trinajstić information content (AvgIpc) is 3.19. The van der Waals surface area contributed by atoms with Crippen LogP contribution in [-0.2, 0) is 16.1 Å². The Morgan fingerprint density at radius 2 is 1.90 bits per heavy atom. The molecule has 8 heteroatoms. The van der Waals surface area contributed by atoms with Crippen LogP contribution in [-0.4, -0.2) is 33.6 Å². The summed E-state index contributed by atoms with van der Waals surface area (Å²) < 4.78 is 13.0. The number of fused-ring (bicyclic) bond motifs is 1. The molecular weight excluding hydrogens is 412 g/mol. The van der Waals surface area contributed by atoms with E-state index >= 15 is 0 Å². The fourth-order valence-electron chi connectivity index (χ4n) is 3.56. The van der Waals surface area contributed by atoms with Crippen LogP contribution in [0.2, 0.25) is 0 Å². The zero-order valence-electron chi connectivity index (χ0n) is 17.7. The van der Waals surface area contributed by atoms with Gasteiger partial charge in [0, 0.05) is 11.3 Å². The number of carbonyl (C=O) groups is 1. The largest absolute Gasteiger partial charge is 0.489 e. The topological polar surface area (TPSA) is 78.3 Å². The van der Waals surface area contributed by atoms with Gasteiger partial charge in [-0.05, 0) is 24.3 Å². The van der Waals surface area contributed by atoms with Crippen molar-refractivity contribution < 1.29 is 14.3 Å². The number of hydrogen-bond acceptors (Lipinski definition) is 7. The van der Waals surface area contributed by atoms with Gasteiger partial charge in [0.1, 0.15) is 18.4 Å². The SMILES string of the molecule is CCSc1nc2n(n1)C(c1ccccc1OCc1ccccc1)C(C(=O)OC)=C(C)N2. The second kappa shape index (κ2) is 9.26. The van der Waals surface area contributed by atoms with Gasteiger partial charge in [0.25, 0.3) is 0 Å². The summed E-state index contributed by atoms with van der Waals surface area (Å²) in [6.45, 7) is 4.31. The second-order valence-corrected chi connectivity index (χ2v) is 8.20. The number of rotatable bonds is 7. The van der Waals surface area contributed by atoms with Gasteiger partial charge < -0.3 is 14.8 Å². The lowest BCUT2D eigenvalue weighted by Gasteiger charge is -2.29. The number of benzene rings is 2. The van der Waals surface area contributed by atoms with E-state index in [1.807, 2.05) is 68.4 Å². The average molecular weight is 437 g/mol. The number of methoxy groups -OCH3 is 1.